The van der Waals surface area contributed by atoms with Crippen LogP contribution in [0, 0.1) is 0 Å². The van der Waals surface area contributed by atoms with E-state index in [1.807, 2.05) is 0 Å². The number of carboxylic acids is 1. The summed E-state index contributed by atoms with van der Waals surface area (Å²) in [5.74, 6) is -0.659. The third-order valence-electron chi connectivity index (χ3n) is 2.90. The number of hydrogen-bond acceptors (Lipinski definition) is 3. The molecule has 22 heavy (non-hydrogen) atoms. The zero-order valence-corrected chi connectivity index (χ0v) is 14.8. The molecule has 0 aliphatic rings. The monoisotopic (exact) mass is 317 g/mol. The van der Waals surface area contributed by atoms with E-state index in [0.717, 1.165) is 12.8 Å². The lowest BCUT2D eigenvalue weighted by molar-refractivity contribution is -0.137. The summed E-state index contributed by atoms with van der Waals surface area (Å²) >= 11 is 0. The van der Waals surface area contributed by atoms with E-state index in [-0.39, 0.29) is 0 Å². The highest BCUT2D eigenvalue weighted by molar-refractivity contribution is 5.66. The molecule has 0 fully saturated rings. The van der Waals surface area contributed by atoms with Crippen molar-refractivity contribution in [3.63, 3.8) is 0 Å². The molecule has 1 amide bonds. The van der Waals surface area contributed by atoms with E-state index in [4.69, 9.17) is 10.8 Å². The first kappa shape index (κ1) is 23.0. The molecular weight excluding hydrogens is 282 g/mol. The molecule has 0 aromatic heterocycles. The third-order valence-corrected chi connectivity index (χ3v) is 2.90. The van der Waals surface area contributed by atoms with Gasteiger partial charge in [0, 0.05) is 6.42 Å². The molecule has 0 unspecified atom stereocenters. The Balaban J connectivity index is 0. The number of carbonyl (C=O) groups excluding carboxylic acids is 1. The van der Waals surface area contributed by atoms with Crippen LogP contribution in [-0.4, -0.2) is 22.8 Å². The van der Waals surface area contributed by atoms with Crippen LogP contribution >= 0.6 is 0 Å². The van der Waals surface area contributed by atoms with Crippen molar-refractivity contribution in [2.24, 2.45) is 5.73 Å². The summed E-state index contributed by atoms with van der Waals surface area (Å²) in [6.45, 7) is 7.51. The minimum Gasteiger partial charge on any atom is -0.481 e. The summed E-state index contributed by atoms with van der Waals surface area (Å²) < 4.78 is 4.58. The molecule has 5 heteroatoms. The topological polar surface area (TPSA) is 89.6 Å². The Kier molecular flexibility index (Phi) is 15.3. The van der Waals surface area contributed by atoms with E-state index < -0.39 is 17.7 Å². The number of aliphatic carboxylic acids is 1. The number of hydrogen-bond donors (Lipinski definition) is 2. The number of unbranched alkanes of at least 4 members (excludes halogenated alkanes) is 8. The van der Waals surface area contributed by atoms with Gasteiger partial charge >= 0.3 is 12.1 Å². The fourth-order valence-corrected chi connectivity index (χ4v) is 1.89. The predicted molar refractivity (Wildman–Crippen MR) is 89.9 cm³/mol. The van der Waals surface area contributed by atoms with Crippen LogP contribution in [0.3, 0.4) is 0 Å². The average molecular weight is 317 g/mol. The Hall–Kier alpha value is -1.26. The molecule has 0 aliphatic heterocycles. The maximum Gasteiger partial charge on any atom is 0.405 e. The first-order valence-electron chi connectivity index (χ1n) is 8.39. The normalized spacial score (nSPS) is 10.5. The number of carbonyl (C=O) groups is 2. The maximum absolute atomic E-state index is 10.2. The van der Waals surface area contributed by atoms with Gasteiger partial charge in [-0.3, -0.25) is 4.79 Å². The van der Waals surface area contributed by atoms with Crippen LogP contribution in [0.15, 0.2) is 0 Å². The number of nitrogens with two attached hydrogens (primary N) is 1. The van der Waals surface area contributed by atoms with Gasteiger partial charge in [-0.1, -0.05) is 58.3 Å². The van der Waals surface area contributed by atoms with Gasteiger partial charge in [-0.15, -0.1) is 0 Å². The van der Waals surface area contributed by atoms with Crippen molar-refractivity contribution < 1.29 is 19.4 Å². The van der Waals surface area contributed by atoms with Crippen molar-refractivity contribution in [2.75, 3.05) is 0 Å². The van der Waals surface area contributed by atoms with Gasteiger partial charge in [0.25, 0.3) is 0 Å². The Labute approximate surface area is 135 Å². The second kappa shape index (κ2) is 14.7. The molecule has 0 saturated carbocycles. The highest BCUT2D eigenvalue weighted by Crippen LogP contribution is 2.10. The Morgan fingerprint density at radius 3 is 1.59 bits per heavy atom. The molecule has 0 spiro atoms. The summed E-state index contributed by atoms with van der Waals surface area (Å²) in [5.41, 5.74) is 4.26. The van der Waals surface area contributed by atoms with Gasteiger partial charge in [0.15, 0.2) is 0 Å². The molecule has 0 saturated heterocycles. The Bertz CT molecular complexity index is 285. The molecule has 0 aromatic rings. The van der Waals surface area contributed by atoms with Crippen LogP contribution in [0.2, 0.25) is 0 Å². The highest BCUT2D eigenvalue weighted by Gasteiger charge is 2.12. The number of primary amides is 1. The van der Waals surface area contributed by atoms with Gasteiger partial charge in [-0.2, -0.15) is 0 Å². The fourth-order valence-electron chi connectivity index (χ4n) is 1.89. The number of rotatable bonds is 10. The van der Waals surface area contributed by atoms with Crippen molar-refractivity contribution in [3.8, 4) is 0 Å². The number of carboxylic acid groups (broad SMARTS) is 1. The molecule has 0 heterocycles. The largest absolute Gasteiger partial charge is 0.481 e. The summed E-state index contributed by atoms with van der Waals surface area (Å²) in [6, 6.07) is 0. The predicted octanol–water partition coefficient (Wildman–Crippen LogP) is 4.87. The first-order chi connectivity index (χ1) is 10.2. The van der Waals surface area contributed by atoms with Gasteiger partial charge in [0.1, 0.15) is 5.60 Å². The van der Waals surface area contributed by atoms with Crippen LogP contribution in [0.1, 0.15) is 91.9 Å². The van der Waals surface area contributed by atoms with Crippen molar-refractivity contribution in [2.45, 2.75) is 97.5 Å². The van der Waals surface area contributed by atoms with Gasteiger partial charge in [0.2, 0.25) is 0 Å². The summed E-state index contributed by atoms with van der Waals surface area (Å²) in [6.07, 6.45) is 10.8. The van der Waals surface area contributed by atoms with Crippen LogP contribution in [0.5, 0.6) is 0 Å². The highest BCUT2D eigenvalue weighted by atomic mass is 16.6. The standard InChI is InChI=1S/C12H24O2.C5H11NO2/c1-2-3-4-5-6-7-8-9-10-11-12(13)14;1-5(2,3)8-4(6)7/h2-11H2,1H3,(H,13,14);1-3H3,(H2,6,7). The molecule has 132 valence electrons. The number of amides is 1. The van der Waals surface area contributed by atoms with E-state index in [0.29, 0.717) is 6.42 Å². The quantitative estimate of drug-likeness (QED) is 0.562. The second-order valence-corrected chi connectivity index (χ2v) is 6.51. The van der Waals surface area contributed by atoms with Crippen LogP contribution in [0.4, 0.5) is 4.79 Å². The molecular formula is C17H35NO4. The lowest BCUT2D eigenvalue weighted by Gasteiger charge is -2.16. The first-order valence-corrected chi connectivity index (χ1v) is 8.39. The zero-order chi connectivity index (χ0) is 17.4. The third kappa shape index (κ3) is 27.1. The lowest BCUT2D eigenvalue weighted by atomic mass is 10.1. The zero-order valence-electron chi connectivity index (χ0n) is 14.8. The SMILES string of the molecule is CC(C)(C)OC(N)=O.CCCCCCCCCCCC(=O)O. The smallest absolute Gasteiger partial charge is 0.405 e. The van der Waals surface area contributed by atoms with E-state index in [2.05, 4.69) is 11.7 Å². The van der Waals surface area contributed by atoms with Gasteiger partial charge < -0.3 is 15.6 Å². The van der Waals surface area contributed by atoms with Crippen LogP contribution < -0.4 is 5.73 Å². The second-order valence-electron chi connectivity index (χ2n) is 6.51. The van der Waals surface area contributed by atoms with E-state index >= 15 is 0 Å². The molecule has 0 aliphatic carbocycles. The molecule has 5 nitrogen and oxygen atoms in total. The van der Waals surface area contributed by atoms with Crippen LogP contribution in [-0.2, 0) is 9.53 Å². The summed E-state index contributed by atoms with van der Waals surface area (Å²) in [5, 5.41) is 8.41. The molecule has 0 bridgehead atoms. The lowest BCUT2D eigenvalue weighted by Crippen LogP contribution is -2.27. The summed E-state index contributed by atoms with van der Waals surface area (Å²) in [7, 11) is 0. The van der Waals surface area contributed by atoms with Crippen LogP contribution in [0.25, 0.3) is 0 Å². The minimum absolute atomic E-state index is 0.343. The molecule has 0 aromatic carbocycles. The van der Waals surface area contributed by atoms with Crippen molar-refractivity contribution in [1.29, 1.82) is 0 Å². The maximum atomic E-state index is 10.2. The number of ether oxygens (including phenoxy) is 1. The molecule has 0 atom stereocenters. The molecule has 3 N–H and O–H groups in total. The Morgan fingerprint density at radius 1 is 0.909 bits per heavy atom. The van der Waals surface area contributed by atoms with E-state index in [1.54, 1.807) is 20.8 Å². The van der Waals surface area contributed by atoms with Gasteiger partial charge in [-0.05, 0) is 27.2 Å². The van der Waals surface area contributed by atoms with Crippen molar-refractivity contribution in [3.05, 3.63) is 0 Å². The van der Waals surface area contributed by atoms with Crippen molar-refractivity contribution in [1.82, 2.24) is 0 Å². The van der Waals surface area contributed by atoms with Gasteiger partial charge in [0.05, 0.1) is 0 Å². The molecule has 0 rings (SSSR count). The van der Waals surface area contributed by atoms with E-state index in [9.17, 15) is 9.59 Å². The Morgan fingerprint density at radius 2 is 1.32 bits per heavy atom. The molecule has 0 radical (unpaired) electrons. The van der Waals surface area contributed by atoms with Crippen molar-refractivity contribution >= 4 is 12.1 Å². The van der Waals surface area contributed by atoms with Gasteiger partial charge in [-0.25, -0.2) is 4.79 Å². The minimum atomic E-state index is -0.725. The fraction of sp³-hybridized carbons (Fsp3) is 0.882. The van der Waals surface area contributed by atoms with E-state index in [1.165, 1.54) is 44.9 Å². The average Bonchev–Trinajstić information content (AvgIpc) is 2.34. The summed E-state index contributed by atoms with van der Waals surface area (Å²) in [4.78, 5) is 20.2.